The molecule has 1 nitrogen and oxygen atoms in total. The van der Waals surface area contributed by atoms with Gasteiger partial charge in [-0.25, -0.2) is 4.39 Å². The third kappa shape index (κ3) is 2.99. The molecule has 1 unspecified atom stereocenters. The van der Waals surface area contributed by atoms with Crippen LogP contribution in [0.15, 0.2) is 36.9 Å². The van der Waals surface area contributed by atoms with Crippen LogP contribution in [0.3, 0.4) is 0 Å². The number of ether oxygens (including phenoxy) is 1. The van der Waals surface area contributed by atoms with Crippen molar-refractivity contribution >= 4 is 0 Å². The first-order valence-corrected chi connectivity index (χ1v) is 4.22. The van der Waals surface area contributed by atoms with Gasteiger partial charge in [-0.2, -0.15) is 0 Å². The number of hydrogen-bond donors (Lipinski definition) is 0. The highest BCUT2D eigenvalue weighted by Gasteiger charge is 2.03. The number of hydrogen-bond acceptors (Lipinski definition) is 1. The van der Waals surface area contributed by atoms with Crippen LogP contribution in [0.5, 0.6) is 0 Å². The van der Waals surface area contributed by atoms with Gasteiger partial charge in [-0.15, -0.1) is 6.58 Å². The maximum Gasteiger partial charge on any atom is 0.123 e. The Labute approximate surface area is 77.8 Å². The van der Waals surface area contributed by atoms with Crippen LogP contribution in [-0.4, -0.2) is 6.61 Å². The average Bonchev–Trinajstić information content (AvgIpc) is 2.15. The highest BCUT2D eigenvalue weighted by atomic mass is 19.1. The van der Waals surface area contributed by atoms with Crippen molar-refractivity contribution in [1.29, 1.82) is 0 Å². The van der Waals surface area contributed by atoms with Gasteiger partial charge >= 0.3 is 0 Å². The number of rotatable bonds is 4. The van der Waals surface area contributed by atoms with Crippen molar-refractivity contribution in [2.75, 3.05) is 6.61 Å². The van der Waals surface area contributed by atoms with E-state index >= 15 is 0 Å². The first kappa shape index (κ1) is 9.93. The molecule has 1 atom stereocenters. The maximum atomic E-state index is 12.5. The van der Waals surface area contributed by atoms with Crippen molar-refractivity contribution in [3.8, 4) is 0 Å². The van der Waals surface area contributed by atoms with Gasteiger partial charge in [0, 0.05) is 0 Å². The molecule has 0 aliphatic heterocycles. The van der Waals surface area contributed by atoms with Crippen LogP contribution in [-0.2, 0) is 4.74 Å². The summed E-state index contributed by atoms with van der Waals surface area (Å²) in [5.74, 6) is -0.223. The molecule has 1 aromatic rings. The number of benzene rings is 1. The van der Waals surface area contributed by atoms with E-state index in [1.165, 1.54) is 12.1 Å². The largest absolute Gasteiger partial charge is 0.370 e. The van der Waals surface area contributed by atoms with Crippen molar-refractivity contribution in [3.63, 3.8) is 0 Å². The number of halogens is 1. The van der Waals surface area contributed by atoms with E-state index in [0.29, 0.717) is 6.61 Å². The Bertz CT molecular complexity index is 266. The van der Waals surface area contributed by atoms with Crippen molar-refractivity contribution in [1.82, 2.24) is 0 Å². The third-order valence-corrected chi connectivity index (χ3v) is 1.80. The zero-order chi connectivity index (χ0) is 9.68. The predicted octanol–water partition coefficient (Wildman–Crippen LogP) is 3.09. The van der Waals surface area contributed by atoms with Crippen LogP contribution in [0.1, 0.15) is 18.6 Å². The van der Waals surface area contributed by atoms with E-state index in [1.807, 2.05) is 6.92 Å². The first-order chi connectivity index (χ1) is 6.24. The van der Waals surface area contributed by atoms with Crippen molar-refractivity contribution in [2.24, 2.45) is 0 Å². The zero-order valence-corrected chi connectivity index (χ0v) is 7.66. The van der Waals surface area contributed by atoms with Gasteiger partial charge in [0.25, 0.3) is 0 Å². The van der Waals surface area contributed by atoms with E-state index in [0.717, 1.165) is 5.56 Å². The van der Waals surface area contributed by atoms with Crippen LogP contribution in [0.4, 0.5) is 4.39 Å². The fourth-order valence-corrected chi connectivity index (χ4v) is 1.04. The maximum absolute atomic E-state index is 12.5. The monoisotopic (exact) mass is 180 g/mol. The van der Waals surface area contributed by atoms with Crippen molar-refractivity contribution in [2.45, 2.75) is 13.0 Å². The molecule has 0 bridgehead atoms. The second-order valence-electron chi connectivity index (χ2n) is 2.82. The van der Waals surface area contributed by atoms with Crippen LogP contribution in [0.25, 0.3) is 0 Å². The summed E-state index contributed by atoms with van der Waals surface area (Å²) in [6.07, 6.45) is 1.68. The molecule has 0 aliphatic rings. The van der Waals surface area contributed by atoms with E-state index in [1.54, 1.807) is 18.2 Å². The summed E-state index contributed by atoms with van der Waals surface area (Å²) < 4.78 is 17.9. The topological polar surface area (TPSA) is 9.23 Å². The summed E-state index contributed by atoms with van der Waals surface area (Å²) in [6, 6.07) is 6.32. The molecule has 0 amide bonds. The fourth-order valence-electron chi connectivity index (χ4n) is 1.04. The van der Waals surface area contributed by atoms with Gasteiger partial charge in [0.1, 0.15) is 5.82 Å². The summed E-state index contributed by atoms with van der Waals surface area (Å²) >= 11 is 0. The van der Waals surface area contributed by atoms with Gasteiger partial charge in [-0.1, -0.05) is 18.2 Å². The molecule has 0 aliphatic carbocycles. The SMILES string of the molecule is C=CCOC(C)c1ccc(F)cc1. The highest BCUT2D eigenvalue weighted by molar-refractivity contribution is 5.18. The second kappa shape index (κ2) is 4.77. The van der Waals surface area contributed by atoms with Gasteiger partial charge in [-0.05, 0) is 24.6 Å². The molecule has 0 N–H and O–H groups in total. The lowest BCUT2D eigenvalue weighted by Gasteiger charge is -2.11. The molecule has 2 heteroatoms. The van der Waals surface area contributed by atoms with E-state index in [2.05, 4.69) is 6.58 Å². The Hall–Kier alpha value is -1.15. The van der Waals surface area contributed by atoms with Gasteiger partial charge in [0.15, 0.2) is 0 Å². The molecule has 0 saturated heterocycles. The molecule has 0 spiro atoms. The summed E-state index contributed by atoms with van der Waals surface area (Å²) in [7, 11) is 0. The van der Waals surface area contributed by atoms with E-state index in [-0.39, 0.29) is 11.9 Å². The minimum absolute atomic E-state index is 0.0152. The molecule has 70 valence electrons. The summed E-state index contributed by atoms with van der Waals surface area (Å²) in [5.41, 5.74) is 0.975. The Balaban J connectivity index is 2.60. The molecule has 1 aromatic carbocycles. The summed E-state index contributed by atoms with van der Waals surface area (Å²) in [6.45, 7) is 6.00. The molecule has 0 saturated carbocycles. The van der Waals surface area contributed by atoms with Crippen LogP contribution in [0.2, 0.25) is 0 Å². The van der Waals surface area contributed by atoms with Crippen LogP contribution >= 0.6 is 0 Å². The van der Waals surface area contributed by atoms with Gasteiger partial charge in [0.05, 0.1) is 12.7 Å². The standard InChI is InChI=1S/C11H13FO/c1-3-8-13-9(2)10-4-6-11(12)7-5-10/h3-7,9H,1,8H2,2H3. The molecular weight excluding hydrogens is 167 g/mol. The molecule has 0 aromatic heterocycles. The Kier molecular flexibility index (Phi) is 3.65. The fraction of sp³-hybridized carbons (Fsp3) is 0.273. The first-order valence-electron chi connectivity index (χ1n) is 4.22. The average molecular weight is 180 g/mol. The Morgan fingerprint density at radius 2 is 2.08 bits per heavy atom. The molecule has 0 fully saturated rings. The van der Waals surface area contributed by atoms with Gasteiger partial charge in [-0.3, -0.25) is 0 Å². The van der Waals surface area contributed by atoms with Crippen LogP contribution in [0, 0.1) is 5.82 Å². The zero-order valence-electron chi connectivity index (χ0n) is 7.66. The predicted molar refractivity (Wildman–Crippen MR) is 51.0 cm³/mol. The van der Waals surface area contributed by atoms with Crippen molar-refractivity contribution in [3.05, 3.63) is 48.3 Å². The van der Waals surface area contributed by atoms with Gasteiger partial charge in [0.2, 0.25) is 0 Å². The van der Waals surface area contributed by atoms with E-state index in [4.69, 9.17) is 4.74 Å². The minimum atomic E-state index is -0.223. The Morgan fingerprint density at radius 1 is 1.46 bits per heavy atom. The molecule has 0 radical (unpaired) electrons. The lowest BCUT2D eigenvalue weighted by Crippen LogP contribution is -1.99. The molecule has 13 heavy (non-hydrogen) atoms. The summed E-state index contributed by atoms with van der Waals surface area (Å²) in [5, 5.41) is 0. The van der Waals surface area contributed by atoms with Crippen LogP contribution < -0.4 is 0 Å². The lowest BCUT2D eigenvalue weighted by atomic mass is 10.1. The quantitative estimate of drug-likeness (QED) is 0.647. The smallest absolute Gasteiger partial charge is 0.123 e. The Morgan fingerprint density at radius 3 is 2.62 bits per heavy atom. The minimum Gasteiger partial charge on any atom is -0.370 e. The lowest BCUT2D eigenvalue weighted by molar-refractivity contribution is 0.0887. The second-order valence-corrected chi connectivity index (χ2v) is 2.82. The molecule has 0 heterocycles. The van der Waals surface area contributed by atoms with E-state index in [9.17, 15) is 4.39 Å². The van der Waals surface area contributed by atoms with E-state index < -0.39 is 0 Å². The third-order valence-electron chi connectivity index (χ3n) is 1.80. The molecule has 1 rings (SSSR count). The van der Waals surface area contributed by atoms with Crippen molar-refractivity contribution < 1.29 is 9.13 Å². The summed E-state index contributed by atoms with van der Waals surface area (Å²) in [4.78, 5) is 0. The van der Waals surface area contributed by atoms with Gasteiger partial charge < -0.3 is 4.74 Å². The highest BCUT2D eigenvalue weighted by Crippen LogP contribution is 2.16. The normalized spacial score (nSPS) is 12.5. The molecular formula is C11H13FO.